The van der Waals surface area contributed by atoms with E-state index in [-0.39, 0.29) is 18.5 Å². The largest absolute Gasteiger partial charge is 0.454 e. The Bertz CT molecular complexity index is 977. The number of nitrogens with one attached hydrogen (secondary N) is 1. The van der Waals surface area contributed by atoms with Crippen LogP contribution in [-0.4, -0.2) is 24.2 Å². The van der Waals surface area contributed by atoms with Crippen molar-refractivity contribution >= 4 is 5.91 Å². The van der Waals surface area contributed by atoms with Gasteiger partial charge in [-0.2, -0.15) is 0 Å². The number of hydrogen-bond acceptors (Lipinski definition) is 4. The number of rotatable bonds is 7. The number of carbonyl (C=O) groups is 1. The molecule has 1 aliphatic rings. The molecule has 3 aromatic rings. The molecule has 5 nitrogen and oxygen atoms in total. The van der Waals surface area contributed by atoms with E-state index >= 15 is 0 Å². The lowest BCUT2D eigenvalue weighted by Crippen LogP contribution is -2.32. The van der Waals surface area contributed by atoms with Crippen LogP contribution < -0.4 is 14.8 Å². The molecule has 2 aromatic carbocycles. The van der Waals surface area contributed by atoms with Crippen molar-refractivity contribution in [2.24, 2.45) is 0 Å². The van der Waals surface area contributed by atoms with Gasteiger partial charge >= 0.3 is 0 Å². The summed E-state index contributed by atoms with van der Waals surface area (Å²) in [6.07, 6.45) is 2.82. The third kappa shape index (κ3) is 4.71. The molecule has 1 amide bonds. The van der Waals surface area contributed by atoms with Crippen LogP contribution in [0.15, 0.2) is 66.9 Å². The SMILES string of the molecule is O=C(NCCc1ccc2c(c1)OCO2)C(Cc1ccccn1)c1ccc(F)cc1. The maximum Gasteiger partial charge on any atom is 0.231 e. The van der Waals surface area contributed by atoms with Crippen molar-refractivity contribution < 1.29 is 18.7 Å². The van der Waals surface area contributed by atoms with Crippen molar-refractivity contribution in [2.75, 3.05) is 13.3 Å². The molecule has 6 heteroatoms. The van der Waals surface area contributed by atoms with E-state index in [0.29, 0.717) is 19.4 Å². The summed E-state index contributed by atoms with van der Waals surface area (Å²) < 4.78 is 24.0. The summed E-state index contributed by atoms with van der Waals surface area (Å²) in [4.78, 5) is 17.3. The van der Waals surface area contributed by atoms with Crippen molar-refractivity contribution in [1.29, 1.82) is 0 Å². The van der Waals surface area contributed by atoms with Gasteiger partial charge in [0.15, 0.2) is 11.5 Å². The van der Waals surface area contributed by atoms with Gasteiger partial charge in [0.2, 0.25) is 12.7 Å². The van der Waals surface area contributed by atoms with Gasteiger partial charge in [0, 0.05) is 24.9 Å². The number of hydrogen-bond donors (Lipinski definition) is 1. The molecule has 29 heavy (non-hydrogen) atoms. The first kappa shape index (κ1) is 18.9. The third-order valence-corrected chi connectivity index (χ3v) is 4.88. The van der Waals surface area contributed by atoms with Crippen LogP contribution in [0.1, 0.15) is 22.7 Å². The van der Waals surface area contributed by atoms with E-state index < -0.39 is 5.92 Å². The van der Waals surface area contributed by atoms with Gasteiger partial charge in [0.1, 0.15) is 5.82 Å². The second-order valence-electron chi connectivity index (χ2n) is 6.86. The highest BCUT2D eigenvalue weighted by Gasteiger charge is 2.22. The Kier molecular flexibility index (Phi) is 5.70. The fraction of sp³-hybridized carbons (Fsp3) is 0.217. The lowest BCUT2D eigenvalue weighted by atomic mass is 9.93. The summed E-state index contributed by atoms with van der Waals surface area (Å²) in [6.45, 7) is 0.723. The van der Waals surface area contributed by atoms with E-state index in [0.717, 1.165) is 28.3 Å². The zero-order valence-electron chi connectivity index (χ0n) is 15.8. The van der Waals surface area contributed by atoms with E-state index in [4.69, 9.17) is 9.47 Å². The smallest absolute Gasteiger partial charge is 0.231 e. The molecular weight excluding hydrogens is 371 g/mol. The number of pyridine rings is 1. The van der Waals surface area contributed by atoms with E-state index in [1.54, 1.807) is 18.3 Å². The van der Waals surface area contributed by atoms with Crippen LogP contribution in [0.5, 0.6) is 11.5 Å². The predicted molar refractivity (Wildman–Crippen MR) is 106 cm³/mol. The Morgan fingerprint density at radius 3 is 2.69 bits per heavy atom. The molecule has 0 spiro atoms. The number of halogens is 1. The van der Waals surface area contributed by atoms with Crippen molar-refractivity contribution in [3.8, 4) is 11.5 Å². The predicted octanol–water partition coefficient (Wildman–Crippen LogP) is 3.63. The third-order valence-electron chi connectivity index (χ3n) is 4.88. The van der Waals surface area contributed by atoms with Gasteiger partial charge in [-0.15, -0.1) is 0 Å². The van der Waals surface area contributed by atoms with E-state index in [1.165, 1.54) is 12.1 Å². The summed E-state index contributed by atoms with van der Waals surface area (Å²) >= 11 is 0. The molecular formula is C23H21FN2O3. The first-order valence-electron chi connectivity index (χ1n) is 9.50. The minimum atomic E-state index is -0.442. The van der Waals surface area contributed by atoms with Gasteiger partial charge in [-0.25, -0.2) is 4.39 Å². The van der Waals surface area contributed by atoms with Crippen molar-refractivity contribution in [2.45, 2.75) is 18.8 Å². The lowest BCUT2D eigenvalue weighted by Gasteiger charge is -2.17. The molecule has 0 bridgehead atoms. The number of aromatic nitrogens is 1. The zero-order valence-corrected chi connectivity index (χ0v) is 15.8. The Hall–Kier alpha value is -3.41. The highest BCUT2D eigenvalue weighted by Crippen LogP contribution is 2.32. The molecule has 1 aromatic heterocycles. The fourth-order valence-corrected chi connectivity index (χ4v) is 3.33. The Morgan fingerprint density at radius 1 is 1.07 bits per heavy atom. The molecule has 0 radical (unpaired) electrons. The summed E-state index contributed by atoms with van der Waals surface area (Å²) in [6, 6.07) is 17.4. The van der Waals surface area contributed by atoms with Crippen LogP contribution in [0.25, 0.3) is 0 Å². The molecule has 0 saturated heterocycles. The summed E-state index contributed by atoms with van der Waals surface area (Å²) in [5.74, 6) is 0.594. The number of carbonyl (C=O) groups excluding carboxylic acids is 1. The van der Waals surface area contributed by atoms with E-state index in [9.17, 15) is 9.18 Å². The van der Waals surface area contributed by atoms with Crippen LogP contribution in [0.4, 0.5) is 4.39 Å². The molecule has 1 unspecified atom stereocenters. The highest BCUT2D eigenvalue weighted by molar-refractivity contribution is 5.83. The van der Waals surface area contributed by atoms with Gasteiger partial charge in [0.25, 0.3) is 0 Å². The molecule has 2 heterocycles. The number of ether oxygens (including phenoxy) is 2. The monoisotopic (exact) mass is 392 g/mol. The van der Waals surface area contributed by atoms with Crippen LogP contribution >= 0.6 is 0 Å². The summed E-state index contributed by atoms with van der Waals surface area (Å²) in [5, 5.41) is 3.00. The first-order chi connectivity index (χ1) is 14.2. The number of benzene rings is 2. The van der Waals surface area contributed by atoms with E-state index in [2.05, 4.69) is 10.3 Å². The van der Waals surface area contributed by atoms with Gasteiger partial charge in [-0.05, 0) is 53.9 Å². The average Bonchev–Trinajstić information content (AvgIpc) is 3.21. The standard InChI is InChI=1S/C23H21FN2O3/c24-18-7-5-17(6-8-18)20(14-19-3-1-2-11-25-19)23(27)26-12-10-16-4-9-21-22(13-16)29-15-28-21/h1-9,11,13,20H,10,12,14-15H2,(H,26,27). The number of nitrogens with zero attached hydrogens (tertiary/aromatic N) is 1. The van der Waals surface area contributed by atoms with Crippen LogP contribution in [0, 0.1) is 5.82 Å². The molecule has 1 N–H and O–H groups in total. The molecule has 1 atom stereocenters. The molecule has 0 fully saturated rings. The van der Waals surface area contributed by atoms with Crippen molar-refractivity contribution in [1.82, 2.24) is 10.3 Å². The molecule has 1 aliphatic heterocycles. The maximum atomic E-state index is 13.3. The Labute approximate surface area is 168 Å². The average molecular weight is 392 g/mol. The maximum absolute atomic E-state index is 13.3. The second-order valence-corrected chi connectivity index (χ2v) is 6.86. The summed E-state index contributed by atoms with van der Waals surface area (Å²) in [5.41, 5.74) is 2.63. The quantitative estimate of drug-likeness (QED) is 0.667. The number of fused-ring (bicyclic) bond motifs is 1. The normalized spacial score (nSPS) is 13.1. The molecule has 0 aliphatic carbocycles. The van der Waals surface area contributed by atoms with Gasteiger partial charge in [-0.3, -0.25) is 9.78 Å². The fourth-order valence-electron chi connectivity index (χ4n) is 3.33. The Morgan fingerprint density at radius 2 is 1.90 bits per heavy atom. The van der Waals surface area contributed by atoms with Crippen LogP contribution in [0.3, 0.4) is 0 Å². The minimum Gasteiger partial charge on any atom is -0.454 e. The van der Waals surface area contributed by atoms with Crippen LogP contribution in [-0.2, 0) is 17.6 Å². The lowest BCUT2D eigenvalue weighted by molar-refractivity contribution is -0.122. The minimum absolute atomic E-state index is 0.108. The van der Waals surface area contributed by atoms with Crippen LogP contribution in [0.2, 0.25) is 0 Å². The first-order valence-corrected chi connectivity index (χ1v) is 9.50. The Balaban J connectivity index is 1.42. The highest BCUT2D eigenvalue weighted by atomic mass is 19.1. The van der Waals surface area contributed by atoms with Gasteiger partial charge in [-0.1, -0.05) is 24.3 Å². The molecule has 0 saturated carbocycles. The van der Waals surface area contributed by atoms with Gasteiger partial charge in [0.05, 0.1) is 5.92 Å². The summed E-state index contributed by atoms with van der Waals surface area (Å²) in [7, 11) is 0. The number of amides is 1. The van der Waals surface area contributed by atoms with Gasteiger partial charge < -0.3 is 14.8 Å². The van der Waals surface area contributed by atoms with E-state index in [1.807, 2.05) is 36.4 Å². The molecule has 4 rings (SSSR count). The molecule has 148 valence electrons. The second kappa shape index (κ2) is 8.73. The topological polar surface area (TPSA) is 60.5 Å². The van der Waals surface area contributed by atoms with Crippen molar-refractivity contribution in [3.63, 3.8) is 0 Å². The van der Waals surface area contributed by atoms with Crippen molar-refractivity contribution in [3.05, 3.63) is 89.5 Å². The zero-order chi connectivity index (χ0) is 20.1.